The van der Waals surface area contributed by atoms with Crippen LogP contribution in [0.3, 0.4) is 0 Å². The van der Waals surface area contributed by atoms with Gasteiger partial charge < -0.3 is 14.7 Å². The van der Waals surface area contributed by atoms with Gasteiger partial charge in [0.25, 0.3) is 0 Å². The molecule has 0 spiro atoms. The highest BCUT2D eigenvalue weighted by molar-refractivity contribution is 5.94. The third-order valence-electron chi connectivity index (χ3n) is 4.28. The van der Waals surface area contributed by atoms with E-state index >= 15 is 0 Å². The van der Waals surface area contributed by atoms with Crippen molar-refractivity contribution in [1.29, 1.82) is 0 Å². The van der Waals surface area contributed by atoms with Gasteiger partial charge in [-0.05, 0) is 32.2 Å². The number of methoxy groups -OCH3 is 1. The average Bonchev–Trinajstić information content (AvgIpc) is 2.47. The molecule has 2 rings (SSSR count). The largest absolute Gasteiger partial charge is 0.469 e. The normalized spacial score (nSPS) is 25.5. The molecular formula is C14H24N2O4. The molecule has 0 saturated carbocycles. The zero-order valence-electron chi connectivity index (χ0n) is 12.1. The Bertz CT molecular complexity index is 353. The lowest BCUT2D eigenvalue weighted by atomic mass is 9.99. The summed E-state index contributed by atoms with van der Waals surface area (Å²) in [6.07, 6.45) is 3.40. The highest BCUT2D eigenvalue weighted by Gasteiger charge is 2.30. The number of carbonyl (C=O) groups is 2. The standard InChI is InChI=1S/C14H24N2O4/c1-20-14(19)9-13(18)15-7-4-11(5-8-15)16-6-2-3-12(17)10-16/h11-12,17H,2-10H2,1H3. The van der Waals surface area contributed by atoms with Crippen molar-refractivity contribution in [3.8, 4) is 0 Å². The van der Waals surface area contributed by atoms with Gasteiger partial charge in [-0.15, -0.1) is 0 Å². The molecule has 1 N–H and O–H groups in total. The number of nitrogens with zero attached hydrogens (tertiary/aromatic N) is 2. The van der Waals surface area contributed by atoms with Gasteiger partial charge in [0.1, 0.15) is 6.42 Å². The van der Waals surface area contributed by atoms with Crippen molar-refractivity contribution < 1.29 is 19.4 Å². The molecule has 6 nitrogen and oxygen atoms in total. The van der Waals surface area contributed by atoms with Crippen LogP contribution in [-0.2, 0) is 14.3 Å². The SMILES string of the molecule is COC(=O)CC(=O)N1CCC(N2CCCC(O)C2)CC1. The van der Waals surface area contributed by atoms with E-state index < -0.39 is 5.97 Å². The van der Waals surface area contributed by atoms with Crippen molar-refractivity contribution in [2.75, 3.05) is 33.3 Å². The van der Waals surface area contributed by atoms with Crippen LogP contribution >= 0.6 is 0 Å². The first-order valence-electron chi connectivity index (χ1n) is 7.37. The van der Waals surface area contributed by atoms with Crippen molar-refractivity contribution in [1.82, 2.24) is 9.80 Å². The molecule has 2 saturated heterocycles. The molecule has 2 heterocycles. The van der Waals surface area contributed by atoms with Crippen molar-refractivity contribution in [3.63, 3.8) is 0 Å². The molecule has 0 aromatic carbocycles. The van der Waals surface area contributed by atoms with E-state index in [9.17, 15) is 14.7 Å². The van der Waals surface area contributed by atoms with E-state index in [4.69, 9.17) is 0 Å². The third kappa shape index (κ3) is 3.93. The first-order chi connectivity index (χ1) is 9.60. The van der Waals surface area contributed by atoms with Gasteiger partial charge in [0.05, 0.1) is 13.2 Å². The Morgan fingerprint density at radius 2 is 1.90 bits per heavy atom. The second-order valence-corrected chi connectivity index (χ2v) is 5.66. The van der Waals surface area contributed by atoms with E-state index in [0.717, 1.165) is 38.8 Å². The number of likely N-dealkylation sites (tertiary alicyclic amines) is 2. The first kappa shape index (κ1) is 15.3. The molecule has 2 aliphatic heterocycles. The number of carbonyl (C=O) groups excluding carboxylic acids is 2. The maximum Gasteiger partial charge on any atom is 0.315 e. The molecule has 20 heavy (non-hydrogen) atoms. The molecule has 2 aliphatic rings. The number of ether oxygens (including phenoxy) is 1. The fraction of sp³-hybridized carbons (Fsp3) is 0.857. The zero-order valence-corrected chi connectivity index (χ0v) is 12.1. The van der Waals surface area contributed by atoms with Gasteiger partial charge in [-0.1, -0.05) is 0 Å². The molecule has 0 bridgehead atoms. The van der Waals surface area contributed by atoms with E-state index in [0.29, 0.717) is 19.1 Å². The van der Waals surface area contributed by atoms with Crippen LogP contribution in [0.15, 0.2) is 0 Å². The molecule has 2 fully saturated rings. The zero-order chi connectivity index (χ0) is 14.5. The maximum absolute atomic E-state index is 11.9. The smallest absolute Gasteiger partial charge is 0.315 e. The maximum atomic E-state index is 11.9. The number of hydrogen-bond acceptors (Lipinski definition) is 5. The molecule has 1 unspecified atom stereocenters. The molecule has 0 radical (unpaired) electrons. The first-order valence-corrected chi connectivity index (χ1v) is 7.37. The predicted molar refractivity (Wildman–Crippen MR) is 73.0 cm³/mol. The minimum atomic E-state index is -0.476. The van der Waals surface area contributed by atoms with Crippen molar-refractivity contribution in [2.45, 2.75) is 44.2 Å². The van der Waals surface area contributed by atoms with Gasteiger partial charge in [0.2, 0.25) is 5.91 Å². The van der Waals surface area contributed by atoms with E-state index in [1.54, 1.807) is 4.90 Å². The number of amides is 1. The molecule has 0 aromatic rings. The second kappa shape index (κ2) is 7.04. The highest BCUT2D eigenvalue weighted by Crippen LogP contribution is 2.21. The highest BCUT2D eigenvalue weighted by atomic mass is 16.5. The summed E-state index contributed by atoms with van der Waals surface area (Å²) in [5.41, 5.74) is 0. The van der Waals surface area contributed by atoms with Gasteiger partial charge >= 0.3 is 5.97 Å². The van der Waals surface area contributed by atoms with Gasteiger partial charge in [-0.2, -0.15) is 0 Å². The van der Waals surface area contributed by atoms with Crippen LogP contribution < -0.4 is 0 Å². The molecule has 1 amide bonds. The Labute approximate surface area is 119 Å². The fourth-order valence-electron chi connectivity index (χ4n) is 3.10. The Morgan fingerprint density at radius 1 is 1.20 bits per heavy atom. The summed E-state index contributed by atoms with van der Waals surface area (Å²) in [6, 6.07) is 0.451. The van der Waals surface area contributed by atoms with E-state index in [1.807, 2.05) is 0 Å². The van der Waals surface area contributed by atoms with Crippen LogP contribution in [0.1, 0.15) is 32.1 Å². The summed E-state index contributed by atoms with van der Waals surface area (Å²) in [5, 5.41) is 9.72. The van der Waals surface area contributed by atoms with Crippen LogP contribution in [0.25, 0.3) is 0 Å². The lowest BCUT2D eigenvalue weighted by Gasteiger charge is -2.41. The number of piperidine rings is 2. The van der Waals surface area contributed by atoms with Crippen molar-refractivity contribution in [2.24, 2.45) is 0 Å². The summed E-state index contributed by atoms with van der Waals surface area (Å²) >= 11 is 0. The van der Waals surface area contributed by atoms with E-state index in [-0.39, 0.29) is 18.4 Å². The lowest BCUT2D eigenvalue weighted by molar-refractivity contribution is -0.147. The van der Waals surface area contributed by atoms with Crippen LogP contribution in [0.2, 0.25) is 0 Å². The van der Waals surface area contributed by atoms with Crippen molar-refractivity contribution >= 4 is 11.9 Å². The minimum absolute atomic E-state index is 0.144. The Kier molecular flexibility index (Phi) is 5.37. The molecule has 6 heteroatoms. The summed E-state index contributed by atoms with van der Waals surface area (Å²) < 4.78 is 4.52. The van der Waals surface area contributed by atoms with E-state index in [2.05, 4.69) is 9.64 Å². The monoisotopic (exact) mass is 284 g/mol. The molecular weight excluding hydrogens is 260 g/mol. The Morgan fingerprint density at radius 3 is 2.50 bits per heavy atom. The fourth-order valence-corrected chi connectivity index (χ4v) is 3.10. The Hall–Kier alpha value is -1.14. The number of esters is 1. The number of aliphatic hydroxyl groups is 1. The predicted octanol–water partition coefficient (Wildman–Crippen LogP) is -0.00280. The molecule has 1 atom stereocenters. The average molecular weight is 284 g/mol. The van der Waals surface area contributed by atoms with Crippen LogP contribution in [-0.4, -0.2) is 72.2 Å². The molecule has 114 valence electrons. The minimum Gasteiger partial charge on any atom is -0.469 e. The van der Waals surface area contributed by atoms with Crippen molar-refractivity contribution in [3.05, 3.63) is 0 Å². The molecule has 0 aliphatic carbocycles. The summed E-state index contributed by atoms with van der Waals surface area (Å²) in [6.45, 7) is 3.17. The number of rotatable bonds is 3. The summed E-state index contributed by atoms with van der Waals surface area (Å²) in [5.74, 6) is -0.620. The number of β-amino-alcohol motifs (C(OH)–C–C–N with tert-alkyl or cyclic N) is 1. The topological polar surface area (TPSA) is 70.1 Å². The van der Waals surface area contributed by atoms with Crippen LogP contribution in [0.5, 0.6) is 0 Å². The van der Waals surface area contributed by atoms with E-state index in [1.165, 1.54) is 7.11 Å². The number of aliphatic hydroxyl groups excluding tert-OH is 1. The van der Waals surface area contributed by atoms with Gasteiger partial charge in [0.15, 0.2) is 0 Å². The van der Waals surface area contributed by atoms with Gasteiger partial charge in [-0.3, -0.25) is 14.5 Å². The quantitative estimate of drug-likeness (QED) is 0.583. The third-order valence-corrected chi connectivity index (χ3v) is 4.28. The van der Waals surface area contributed by atoms with Crippen LogP contribution in [0.4, 0.5) is 0 Å². The molecule has 0 aromatic heterocycles. The number of hydrogen-bond donors (Lipinski definition) is 1. The summed E-state index contributed by atoms with van der Waals surface area (Å²) in [7, 11) is 1.30. The second-order valence-electron chi connectivity index (χ2n) is 5.66. The Balaban J connectivity index is 1.77. The lowest BCUT2D eigenvalue weighted by Crippen LogP contribution is -2.50. The summed E-state index contributed by atoms with van der Waals surface area (Å²) in [4.78, 5) is 27.1. The van der Waals surface area contributed by atoms with Gasteiger partial charge in [0, 0.05) is 25.7 Å². The van der Waals surface area contributed by atoms with Crippen LogP contribution in [0, 0.1) is 0 Å². The van der Waals surface area contributed by atoms with Gasteiger partial charge in [-0.25, -0.2) is 0 Å².